The van der Waals surface area contributed by atoms with E-state index in [-0.39, 0.29) is 25.0 Å². The van der Waals surface area contributed by atoms with Crippen LogP contribution in [0.15, 0.2) is 22.7 Å². The Kier molecular flexibility index (Phi) is 6.48. The normalized spacial score (nSPS) is 10.3. The largest absolute Gasteiger partial charge is 0.496 e. The molecule has 0 atom stereocenters. The quantitative estimate of drug-likeness (QED) is 0.818. The standard InChI is InChI=1S/C14H19BrN2O4/c1-9(2)17(7-6-13(18)19)14(20)16-10-4-5-12(21-3)11(15)8-10/h4-5,8-9H,6-7H2,1-3H3,(H,16,20)(H,18,19). The van der Waals surface area contributed by atoms with E-state index >= 15 is 0 Å². The molecule has 116 valence electrons. The Morgan fingerprint density at radius 2 is 2.10 bits per heavy atom. The summed E-state index contributed by atoms with van der Waals surface area (Å²) < 4.78 is 5.85. The highest BCUT2D eigenvalue weighted by Gasteiger charge is 2.18. The van der Waals surface area contributed by atoms with Crippen LogP contribution in [0.2, 0.25) is 0 Å². The van der Waals surface area contributed by atoms with Crippen molar-refractivity contribution in [2.45, 2.75) is 26.3 Å². The highest BCUT2D eigenvalue weighted by molar-refractivity contribution is 9.10. The van der Waals surface area contributed by atoms with Gasteiger partial charge in [-0.05, 0) is 48.0 Å². The first-order chi connectivity index (χ1) is 9.85. The Morgan fingerprint density at radius 1 is 1.43 bits per heavy atom. The van der Waals surface area contributed by atoms with Crippen LogP contribution in [0.4, 0.5) is 10.5 Å². The zero-order valence-electron chi connectivity index (χ0n) is 12.2. The molecule has 1 aromatic carbocycles. The van der Waals surface area contributed by atoms with Gasteiger partial charge in [0.1, 0.15) is 5.75 Å². The summed E-state index contributed by atoms with van der Waals surface area (Å²) in [7, 11) is 1.56. The number of methoxy groups -OCH3 is 1. The van der Waals surface area contributed by atoms with E-state index in [1.54, 1.807) is 25.3 Å². The molecular weight excluding hydrogens is 340 g/mol. The van der Waals surface area contributed by atoms with Crippen LogP contribution in [0.5, 0.6) is 5.75 Å². The van der Waals surface area contributed by atoms with Gasteiger partial charge in [0.2, 0.25) is 0 Å². The lowest BCUT2D eigenvalue weighted by atomic mass is 10.3. The van der Waals surface area contributed by atoms with E-state index in [0.717, 1.165) is 4.47 Å². The maximum absolute atomic E-state index is 12.2. The van der Waals surface area contributed by atoms with Crippen molar-refractivity contribution in [1.82, 2.24) is 4.90 Å². The second-order valence-corrected chi connectivity index (χ2v) is 5.56. The lowest BCUT2D eigenvalue weighted by molar-refractivity contribution is -0.137. The number of hydrogen-bond donors (Lipinski definition) is 2. The SMILES string of the molecule is COc1ccc(NC(=O)N(CCC(=O)O)C(C)C)cc1Br. The number of halogens is 1. The first-order valence-electron chi connectivity index (χ1n) is 6.48. The molecule has 0 saturated carbocycles. The number of carbonyl (C=O) groups is 2. The third-order valence-electron chi connectivity index (χ3n) is 2.85. The lowest BCUT2D eigenvalue weighted by Gasteiger charge is -2.26. The van der Waals surface area contributed by atoms with E-state index in [0.29, 0.717) is 11.4 Å². The van der Waals surface area contributed by atoms with Crippen LogP contribution in [-0.2, 0) is 4.79 Å². The summed E-state index contributed by atoms with van der Waals surface area (Å²) in [6.07, 6.45) is -0.0854. The Hall–Kier alpha value is -1.76. The van der Waals surface area contributed by atoms with Crippen LogP contribution in [0.3, 0.4) is 0 Å². The van der Waals surface area contributed by atoms with Gasteiger partial charge in [0, 0.05) is 18.3 Å². The van der Waals surface area contributed by atoms with Gasteiger partial charge in [0.25, 0.3) is 0 Å². The predicted molar refractivity (Wildman–Crippen MR) is 83.8 cm³/mol. The third kappa shape index (κ3) is 5.26. The second kappa shape index (κ2) is 7.87. The van der Waals surface area contributed by atoms with Crippen molar-refractivity contribution < 1.29 is 19.4 Å². The minimum Gasteiger partial charge on any atom is -0.496 e. The summed E-state index contributed by atoms with van der Waals surface area (Å²) >= 11 is 3.35. The van der Waals surface area contributed by atoms with Gasteiger partial charge in [0.15, 0.2) is 0 Å². The van der Waals surface area contributed by atoms with Crippen LogP contribution < -0.4 is 10.1 Å². The number of urea groups is 1. The molecule has 0 aromatic heterocycles. The van der Waals surface area contributed by atoms with Crippen LogP contribution in [0, 0.1) is 0 Å². The number of carboxylic acids is 1. The summed E-state index contributed by atoms with van der Waals surface area (Å²) in [4.78, 5) is 24.3. The number of anilines is 1. The molecule has 0 heterocycles. The molecule has 0 radical (unpaired) electrons. The van der Waals surface area contributed by atoms with Gasteiger partial charge in [-0.3, -0.25) is 4.79 Å². The average molecular weight is 359 g/mol. The van der Waals surface area contributed by atoms with Gasteiger partial charge in [-0.25, -0.2) is 4.79 Å². The number of nitrogens with one attached hydrogen (secondary N) is 1. The van der Waals surface area contributed by atoms with Crippen LogP contribution in [0.25, 0.3) is 0 Å². The lowest BCUT2D eigenvalue weighted by Crippen LogP contribution is -2.41. The topological polar surface area (TPSA) is 78.9 Å². The summed E-state index contributed by atoms with van der Waals surface area (Å²) in [6, 6.07) is 4.76. The molecule has 0 bridgehead atoms. The number of nitrogens with zero attached hydrogens (tertiary/aromatic N) is 1. The smallest absolute Gasteiger partial charge is 0.322 e. The van der Waals surface area contributed by atoms with Crippen molar-refractivity contribution in [2.24, 2.45) is 0 Å². The molecule has 0 aliphatic carbocycles. The zero-order valence-corrected chi connectivity index (χ0v) is 13.8. The highest BCUT2D eigenvalue weighted by atomic mass is 79.9. The summed E-state index contributed by atoms with van der Waals surface area (Å²) in [6.45, 7) is 3.84. The number of carboxylic acid groups (broad SMARTS) is 1. The molecule has 0 saturated heterocycles. The van der Waals surface area contributed by atoms with E-state index in [2.05, 4.69) is 21.2 Å². The number of ether oxygens (including phenoxy) is 1. The second-order valence-electron chi connectivity index (χ2n) is 4.71. The monoisotopic (exact) mass is 358 g/mol. The fourth-order valence-corrected chi connectivity index (χ4v) is 2.29. The fraction of sp³-hybridized carbons (Fsp3) is 0.429. The van der Waals surface area contributed by atoms with Crippen LogP contribution >= 0.6 is 15.9 Å². The minimum atomic E-state index is -0.930. The molecule has 0 aliphatic heterocycles. The van der Waals surface area contributed by atoms with Crippen molar-refractivity contribution in [2.75, 3.05) is 19.0 Å². The summed E-state index contributed by atoms with van der Waals surface area (Å²) in [5, 5.41) is 11.5. The summed E-state index contributed by atoms with van der Waals surface area (Å²) in [5.41, 5.74) is 0.605. The molecule has 2 N–H and O–H groups in total. The molecule has 0 aliphatic rings. The molecule has 2 amide bonds. The van der Waals surface area contributed by atoms with Crippen molar-refractivity contribution >= 4 is 33.6 Å². The Bertz CT molecular complexity index is 520. The molecule has 21 heavy (non-hydrogen) atoms. The number of aliphatic carboxylic acids is 1. The van der Waals surface area contributed by atoms with E-state index in [4.69, 9.17) is 9.84 Å². The van der Waals surface area contributed by atoms with Crippen molar-refractivity contribution in [3.05, 3.63) is 22.7 Å². The average Bonchev–Trinajstić information content (AvgIpc) is 2.38. The van der Waals surface area contributed by atoms with E-state index in [9.17, 15) is 9.59 Å². The molecule has 0 unspecified atom stereocenters. The van der Waals surface area contributed by atoms with Gasteiger partial charge in [-0.2, -0.15) is 0 Å². The van der Waals surface area contributed by atoms with E-state index in [1.807, 2.05) is 13.8 Å². The molecule has 1 aromatic rings. The maximum Gasteiger partial charge on any atom is 0.322 e. The minimum absolute atomic E-state index is 0.0854. The van der Waals surface area contributed by atoms with Crippen molar-refractivity contribution in [1.29, 1.82) is 0 Å². The number of carbonyl (C=O) groups excluding carboxylic acids is 1. The van der Waals surface area contributed by atoms with Gasteiger partial charge in [-0.15, -0.1) is 0 Å². The fourth-order valence-electron chi connectivity index (χ4n) is 1.75. The predicted octanol–water partition coefficient (Wildman–Crippen LogP) is 3.17. The number of benzene rings is 1. The van der Waals surface area contributed by atoms with Gasteiger partial charge in [-0.1, -0.05) is 0 Å². The molecule has 7 heteroatoms. The maximum atomic E-state index is 12.2. The molecule has 1 rings (SSSR count). The molecule has 6 nitrogen and oxygen atoms in total. The van der Waals surface area contributed by atoms with Crippen LogP contribution in [-0.4, -0.2) is 41.7 Å². The van der Waals surface area contributed by atoms with Gasteiger partial charge in [0.05, 0.1) is 18.0 Å². The Labute approximate surface area is 132 Å². The third-order valence-corrected chi connectivity index (χ3v) is 3.47. The first kappa shape index (κ1) is 17.3. The highest BCUT2D eigenvalue weighted by Crippen LogP contribution is 2.27. The number of rotatable bonds is 6. The van der Waals surface area contributed by atoms with Gasteiger partial charge < -0.3 is 20.1 Å². The Morgan fingerprint density at radius 3 is 2.57 bits per heavy atom. The van der Waals surface area contributed by atoms with Crippen LogP contribution in [0.1, 0.15) is 20.3 Å². The van der Waals surface area contributed by atoms with E-state index < -0.39 is 5.97 Å². The zero-order chi connectivity index (χ0) is 16.0. The van der Waals surface area contributed by atoms with Crippen molar-refractivity contribution in [3.63, 3.8) is 0 Å². The van der Waals surface area contributed by atoms with E-state index in [1.165, 1.54) is 4.90 Å². The van der Waals surface area contributed by atoms with Gasteiger partial charge >= 0.3 is 12.0 Å². The van der Waals surface area contributed by atoms with Crippen molar-refractivity contribution in [3.8, 4) is 5.75 Å². The summed E-state index contributed by atoms with van der Waals surface area (Å²) in [5.74, 6) is -0.264. The molecule has 0 fully saturated rings. The number of hydrogen-bond acceptors (Lipinski definition) is 3. The first-order valence-corrected chi connectivity index (χ1v) is 7.27. The molecule has 0 spiro atoms. The Balaban J connectivity index is 2.76. The number of amides is 2. The molecular formula is C14H19BrN2O4.